The summed E-state index contributed by atoms with van der Waals surface area (Å²) in [7, 11) is 0. The van der Waals surface area contributed by atoms with Crippen LogP contribution in [-0.4, -0.2) is 23.9 Å². The molecule has 0 unspecified atom stereocenters. The molecule has 0 saturated heterocycles. The van der Waals surface area contributed by atoms with Crippen LogP contribution in [0.5, 0.6) is 0 Å². The Hall–Kier alpha value is 2.77. The predicted molar refractivity (Wildman–Crippen MR) is 5.75 cm³/mol. The van der Waals surface area contributed by atoms with E-state index in [0.29, 0.717) is 0 Å². The molecule has 0 atom stereocenters. The van der Waals surface area contributed by atoms with Crippen molar-refractivity contribution in [3.63, 3.8) is 0 Å². The molecule has 0 aliphatic rings. The second kappa shape index (κ2) is 17.1. The van der Waals surface area contributed by atoms with E-state index in [1.165, 1.54) is 0 Å². The summed E-state index contributed by atoms with van der Waals surface area (Å²) < 4.78 is 0. The summed E-state index contributed by atoms with van der Waals surface area (Å²) in [6, 6.07) is 0. The first-order valence-corrected chi connectivity index (χ1v) is 0. The molecule has 0 amide bonds. The van der Waals surface area contributed by atoms with Gasteiger partial charge in [-0.25, -0.2) is 0 Å². The summed E-state index contributed by atoms with van der Waals surface area (Å²) in [5.74, 6) is 0. The third-order valence-corrected chi connectivity index (χ3v) is 0. The van der Waals surface area contributed by atoms with Gasteiger partial charge in [0.15, 0.2) is 0 Å². The fourth-order valence-corrected chi connectivity index (χ4v) is 0. The summed E-state index contributed by atoms with van der Waals surface area (Å²) in [6.45, 7) is 0. The monoisotopic (exact) mass is 338 g/mol. The Balaban J connectivity index is 0. The minimum atomic E-state index is 0. The van der Waals surface area contributed by atoms with Crippen LogP contribution < -0.4 is 0 Å². The maximum Gasteiger partial charge on any atom is 0 e. The van der Waals surface area contributed by atoms with Gasteiger partial charge in [0.2, 0.25) is 0 Å². The van der Waals surface area contributed by atoms with Crippen molar-refractivity contribution >= 4 is 23.9 Å². The summed E-state index contributed by atoms with van der Waals surface area (Å²) in [5, 5.41) is 0. The van der Waals surface area contributed by atoms with Gasteiger partial charge in [0.25, 0.3) is 0 Å². The molecule has 0 aliphatic heterocycles. The van der Waals surface area contributed by atoms with Crippen LogP contribution in [0.15, 0.2) is 0 Å². The molecule has 0 aliphatic carbocycles. The fraction of sp³-hybridized carbons (Fsp3) is 0. The third kappa shape index (κ3) is 8.84. The van der Waals surface area contributed by atoms with E-state index in [-0.39, 0.29) is 85.1 Å². The van der Waals surface area contributed by atoms with Crippen molar-refractivity contribution in [2.45, 2.75) is 0 Å². The van der Waals surface area contributed by atoms with Gasteiger partial charge in [-0.1, -0.05) is 0 Å². The summed E-state index contributed by atoms with van der Waals surface area (Å²) in [5.41, 5.74) is 0. The average Bonchev–Trinajstić information content (AvgIpc) is 0. The Kier molecular flexibility index (Phi) is 126. The van der Waals surface area contributed by atoms with Crippen molar-refractivity contribution in [1.82, 2.24) is 0 Å². The van der Waals surface area contributed by atoms with E-state index in [4.69, 9.17) is 0 Å². The SMILES string of the molecule is [Ag].[Cu].[Sn].[Ti]. The van der Waals surface area contributed by atoms with Crippen molar-refractivity contribution < 1.29 is 61.2 Å². The summed E-state index contributed by atoms with van der Waals surface area (Å²) in [6.07, 6.45) is 0. The Bertz CT molecular complexity index is 8.00. The van der Waals surface area contributed by atoms with E-state index >= 15 is 0 Å². The largest absolute Gasteiger partial charge is 0 e. The fourth-order valence-electron chi connectivity index (χ4n) is 0. The molecule has 30 valence electrons. The molecular formula is AgCuSnTi. The number of rotatable bonds is 0. The standard InChI is InChI=1S/Ag.Cu.Sn.Ti. The van der Waals surface area contributed by atoms with Gasteiger partial charge < -0.3 is 0 Å². The van der Waals surface area contributed by atoms with Gasteiger partial charge in [0, 0.05) is 85.1 Å². The Morgan fingerprint density at radius 1 is 1.00 bits per heavy atom. The molecule has 0 spiro atoms. The average molecular weight is 338 g/mol. The van der Waals surface area contributed by atoms with E-state index in [9.17, 15) is 0 Å². The zero-order valence-electron chi connectivity index (χ0n) is 1.60. The third-order valence-electron chi connectivity index (χ3n) is 0. The van der Waals surface area contributed by atoms with Crippen LogP contribution in [0.25, 0.3) is 0 Å². The van der Waals surface area contributed by atoms with Crippen molar-refractivity contribution in [2.24, 2.45) is 0 Å². The van der Waals surface area contributed by atoms with Crippen molar-refractivity contribution in [3.05, 3.63) is 0 Å². The Morgan fingerprint density at radius 3 is 1.00 bits per heavy atom. The molecule has 0 aromatic heterocycles. The van der Waals surface area contributed by atoms with Gasteiger partial charge in [0.1, 0.15) is 0 Å². The topological polar surface area (TPSA) is 0 Å². The molecule has 0 bridgehead atoms. The molecule has 0 rings (SSSR count). The van der Waals surface area contributed by atoms with Gasteiger partial charge in [0.05, 0.1) is 0 Å². The summed E-state index contributed by atoms with van der Waals surface area (Å²) >= 11 is 0. The second-order valence-corrected chi connectivity index (χ2v) is 0. The Morgan fingerprint density at radius 2 is 1.00 bits per heavy atom. The first-order chi connectivity index (χ1) is 0. The molecule has 0 aromatic rings. The van der Waals surface area contributed by atoms with Crippen LogP contribution in [-0.2, 0) is 61.2 Å². The minimum Gasteiger partial charge on any atom is 0 e. The number of hydrogen-bond donors (Lipinski definition) is 0. The van der Waals surface area contributed by atoms with Gasteiger partial charge >= 0.3 is 0 Å². The maximum absolute atomic E-state index is 0. The minimum absolute atomic E-state index is 0. The van der Waals surface area contributed by atoms with E-state index in [2.05, 4.69) is 0 Å². The molecule has 0 fully saturated rings. The maximum atomic E-state index is 0. The van der Waals surface area contributed by atoms with Gasteiger partial charge in [-0.15, -0.1) is 0 Å². The molecule has 6 radical (unpaired) electrons. The normalized spacial score (nSPS) is 0. The van der Waals surface area contributed by atoms with E-state index in [0.717, 1.165) is 0 Å². The first kappa shape index (κ1) is 29.4. The quantitative estimate of drug-likeness (QED) is 0.528. The van der Waals surface area contributed by atoms with Crippen molar-refractivity contribution in [1.29, 1.82) is 0 Å². The van der Waals surface area contributed by atoms with Crippen LogP contribution in [0.3, 0.4) is 0 Å². The summed E-state index contributed by atoms with van der Waals surface area (Å²) in [4.78, 5) is 0. The smallest absolute Gasteiger partial charge is 0 e. The van der Waals surface area contributed by atoms with Gasteiger partial charge in [-0.05, 0) is 0 Å². The molecular weight excluding hydrogens is 338 g/mol. The van der Waals surface area contributed by atoms with Crippen LogP contribution in [0, 0.1) is 0 Å². The van der Waals surface area contributed by atoms with Gasteiger partial charge in [-0.2, -0.15) is 0 Å². The molecule has 4 heteroatoms. The van der Waals surface area contributed by atoms with Crippen LogP contribution >= 0.6 is 0 Å². The molecule has 0 N–H and O–H groups in total. The first-order valence-electron chi connectivity index (χ1n) is 0. The van der Waals surface area contributed by atoms with Crippen molar-refractivity contribution in [3.8, 4) is 0 Å². The molecule has 0 heterocycles. The van der Waals surface area contributed by atoms with Crippen molar-refractivity contribution in [2.75, 3.05) is 0 Å². The Labute approximate surface area is 83.7 Å². The molecule has 0 aromatic carbocycles. The molecule has 0 saturated carbocycles. The van der Waals surface area contributed by atoms with E-state index < -0.39 is 0 Å². The van der Waals surface area contributed by atoms with E-state index in [1.54, 1.807) is 0 Å². The second-order valence-electron chi connectivity index (χ2n) is 0. The van der Waals surface area contributed by atoms with Gasteiger partial charge in [-0.3, -0.25) is 0 Å². The molecule has 4 heavy (non-hydrogen) atoms. The zero-order valence-corrected chi connectivity index (χ0v) is 8.44. The molecule has 0 nitrogen and oxygen atoms in total. The van der Waals surface area contributed by atoms with E-state index in [1.807, 2.05) is 0 Å². The zero-order chi connectivity index (χ0) is 0. The van der Waals surface area contributed by atoms with Crippen LogP contribution in [0.4, 0.5) is 0 Å². The number of hydrogen-bond acceptors (Lipinski definition) is 0. The van der Waals surface area contributed by atoms with Crippen LogP contribution in [0.1, 0.15) is 0 Å². The van der Waals surface area contributed by atoms with Crippen LogP contribution in [0.2, 0.25) is 0 Å². The predicted octanol–water partition coefficient (Wildman–Crippen LogP) is -0.388.